The van der Waals surface area contributed by atoms with Gasteiger partial charge in [-0.3, -0.25) is 4.99 Å². The molecule has 1 unspecified atom stereocenters. The predicted octanol–water partition coefficient (Wildman–Crippen LogP) is 2.92. The first kappa shape index (κ1) is 12.0. The summed E-state index contributed by atoms with van der Waals surface area (Å²) in [6.45, 7) is 3.90. The van der Waals surface area contributed by atoms with Crippen molar-refractivity contribution in [1.29, 1.82) is 0 Å². The summed E-state index contributed by atoms with van der Waals surface area (Å²) in [6.07, 6.45) is 1.08. The average molecular weight is 253 g/mol. The van der Waals surface area contributed by atoms with Crippen LogP contribution in [0.5, 0.6) is 0 Å². The first-order valence-electron chi connectivity index (χ1n) is 6.85. The van der Waals surface area contributed by atoms with Crippen LogP contribution in [0.4, 0.5) is 0 Å². The van der Waals surface area contributed by atoms with Crippen molar-refractivity contribution in [2.24, 2.45) is 10.7 Å². The standard InChI is InChI=1S/C16H19N3/c1-2-9-19-15(11-18-16(19)17)14-8-7-12-5-3-4-6-13(12)10-14/h3-8,10,15H,2,9,11H2,1H3,(H2,17,18). The monoisotopic (exact) mass is 253 g/mol. The molecule has 2 N–H and O–H groups in total. The van der Waals surface area contributed by atoms with Crippen LogP contribution in [-0.4, -0.2) is 23.9 Å². The number of hydrogen-bond donors (Lipinski definition) is 1. The van der Waals surface area contributed by atoms with Crippen LogP contribution >= 0.6 is 0 Å². The van der Waals surface area contributed by atoms with E-state index in [-0.39, 0.29) is 0 Å². The van der Waals surface area contributed by atoms with Crippen molar-refractivity contribution in [2.45, 2.75) is 19.4 Å². The molecule has 1 heterocycles. The molecule has 0 saturated heterocycles. The Bertz CT molecular complexity index is 618. The van der Waals surface area contributed by atoms with E-state index in [0.29, 0.717) is 12.0 Å². The Balaban J connectivity index is 1.95. The molecule has 0 radical (unpaired) electrons. The van der Waals surface area contributed by atoms with Crippen molar-refractivity contribution in [3.05, 3.63) is 48.0 Å². The van der Waals surface area contributed by atoms with Gasteiger partial charge < -0.3 is 10.6 Å². The molecule has 0 aliphatic carbocycles. The summed E-state index contributed by atoms with van der Waals surface area (Å²) in [5.41, 5.74) is 7.28. The molecule has 3 heteroatoms. The topological polar surface area (TPSA) is 41.6 Å². The van der Waals surface area contributed by atoms with Crippen LogP contribution in [0.25, 0.3) is 10.8 Å². The van der Waals surface area contributed by atoms with E-state index in [1.54, 1.807) is 0 Å². The Kier molecular flexibility index (Phi) is 3.11. The van der Waals surface area contributed by atoms with E-state index < -0.39 is 0 Å². The minimum absolute atomic E-state index is 0.296. The highest BCUT2D eigenvalue weighted by molar-refractivity contribution is 5.84. The van der Waals surface area contributed by atoms with E-state index in [4.69, 9.17) is 5.73 Å². The van der Waals surface area contributed by atoms with Crippen LogP contribution < -0.4 is 5.73 Å². The van der Waals surface area contributed by atoms with Gasteiger partial charge >= 0.3 is 0 Å². The van der Waals surface area contributed by atoms with Crippen molar-refractivity contribution in [3.8, 4) is 0 Å². The van der Waals surface area contributed by atoms with Crippen molar-refractivity contribution in [1.82, 2.24) is 4.90 Å². The molecule has 0 saturated carbocycles. The number of fused-ring (bicyclic) bond motifs is 1. The number of guanidine groups is 1. The Morgan fingerprint density at radius 2 is 2.00 bits per heavy atom. The first-order valence-corrected chi connectivity index (χ1v) is 6.85. The largest absolute Gasteiger partial charge is 0.370 e. The second-order valence-corrected chi connectivity index (χ2v) is 5.01. The fourth-order valence-corrected chi connectivity index (χ4v) is 2.74. The van der Waals surface area contributed by atoms with Crippen LogP contribution in [-0.2, 0) is 0 Å². The maximum atomic E-state index is 5.98. The second-order valence-electron chi connectivity index (χ2n) is 5.01. The lowest BCUT2D eigenvalue weighted by molar-refractivity contribution is 0.347. The number of nitrogens with two attached hydrogens (primary N) is 1. The summed E-state index contributed by atoms with van der Waals surface area (Å²) >= 11 is 0. The van der Waals surface area contributed by atoms with Gasteiger partial charge in [0.15, 0.2) is 5.96 Å². The molecular weight excluding hydrogens is 234 g/mol. The highest BCUT2D eigenvalue weighted by atomic mass is 15.3. The minimum Gasteiger partial charge on any atom is -0.370 e. The van der Waals surface area contributed by atoms with Gasteiger partial charge in [-0.2, -0.15) is 0 Å². The SMILES string of the molecule is CCCN1C(N)=NCC1c1ccc2ccccc2c1. The summed E-state index contributed by atoms with van der Waals surface area (Å²) in [6, 6.07) is 15.4. The van der Waals surface area contributed by atoms with E-state index in [1.165, 1.54) is 16.3 Å². The van der Waals surface area contributed by atoms with Gasteiger partial charge in [0.1, 0.15) is 0 Å². The molecule has 2 aromatic rings. The zero-order valence-electron chi connectivity index (χ0n) is 11.2. The van der Waals surface area contributed by atoms with E-state index in [1.807, 2.05) is 0 Å². The fraction of sp³-hybridized carbons (Fsp3) is 0.312. The van der Waals surface area contributed by atoms with Crippen molar-refractivity contribution >= 4 is 16.7 Å². The highest BCUT2D eigenvalue weighted by Crippen LogP contribution is 2.28. The zero-order valence-corrected chi connectivity index (χ0v) is 11.2. The van der Waals surface area contributed by atoms with E-state index >= 15 is 0 Å². The predicted molar refractivity (Wildman–Crippen MR) is 80.2 cm³/mol. The third kappa shape index (κ3) is 2.16. The third-order valence-corrected chi connectivity index (χ3v) is 3.72. The molecule has 3 rings (SSSR count). The number of aliphatic imine (C=N–C) groups is 1. The lowest BCUT2D eigenvalue weighted by Gasteiger charge is -2.26. The van der Waals surface area contributed by atoms with Gasteiger partial charge in [-0.15, -0.1) is 0 Å². The molecule has 0 fully saturated rings. The number of benzene rings is 2. The van der Waals surface area contributed by atoms with Crippen LogP contribution in [0.2, 0.25) is 0 Å². The number of nitrogens with zero attached hydrogens (tertiary/aromatic N) is 2. The van der Waals surface area contributed by atoms with Crippen molar-refractivity contribution in [2.75, 3.05) is 13.1 Å². The molecule has 1 atom stereocenters. The van der Waals surface area contributed by atoms with Gasteiger partial charge in [0.2, 0.25) is 0 Å². The maximum Gasteiger partial charge on any atom is 0.191 e. The van der Waals surface area contributed by atoms with E-state index in [9.17, 15) is 0 Å². The fourth-order valence-electron chi connectivity index (χ4n) is 2.74. The first-order chi connectivity index (χ1) is 9.29. The normalized spacial score (nSPS) is 18.9. The molecule has 0 spiro atoms. The summed E-state index contributed by atoms with van der Waals surface area (Å²) in [7, 11) is 0. The molecule has 0 aromatic heterocycles. The smallest absolute Gasteiger partial charge is 0.191 e. The van der Waals surface area contributed by atoms with Crippen molar-refractivity contribution < 1.29 is 0 Å². The molecule has 1 aliphatic heterocycles. The molecule has 1 aliphatic rings. The molecule has 0 amide bonds. The van der Waals surface area contributed by atoms with Gasteiger partial charge in [-0.25, -0.2) is 0 Å². The van der Waals surface area contributed by atoms with Crippen LogP contribution in [0.15, 0.2) is 47.5 Å². The van der Waals surface area contributed by atoms with Crippen LogP contribution in [0.3, 0.4) is 0 Å². The third-order valence-electron chi connectivity index (χ3n) is 3.72. The van der Waals surface area contributed by atoms with Gasteiger partial charge in [0.25, 0.3) is 0 Å². The lowest BCUT2D eigenvalue weighted by Crippen LogP contribution is -2.36. The molecule has 0 bridgehead atoms. The Hall–Kier alpha value is -2.03. The van der Waals surface area contributed by atoms with Gasteiger partial charge in [0.05, 0.1) is 12.6 Å². The zero-order chi connectivity index (χ0) is 13.2. The highest BCUT2D eigenvalue weighted by Gasteiger charge is 2.26. The average Bonchev–Trinajstić information content (AvgIpc) is 2.80. The number of hydrogen-bond acceptors (Lipinski definition) is 3. The molecule has 3 nitrogen and oxygen atoms in total. The van der Waals surface area contributed by atoms with Gasteiger partial charge in [-0.05, 0) is 28.8 Å². The number of rotatable bonds is 3. The summed E-state index contributed by atoms with van der Waals surface area (Å²) in [5.74, 6) is 0.681. The maximum absolute atomic E-state index is 5.98. The molecule has 19 heavy (non-hydrogen) atoms. The summed E-state index contributed by atoms with van der Waals surface area (Å²) < 4.78 is 0. The Labute approximate surface area is 113 Å². The Morgan fingerprint density at radius 1 is 1.21 bits per heavy atom. The van der Waals surface area contributed by atoms with E-state index in [0.717, 1.165) is 19.5 Å². The van der Waals surface area contributed by atoms with E-state index in [2.05, 4.69) is 59.3 Å². The molecule has 2 aromatic carbocycles. The van der Waals surface area contributed by atoms with Gasteiger partial charge in [-0.1, -0.05) is 43.3 Å². The van der Waals surface area contributed by atoms with Crippen LogP contribution in [0.1, 0.15) is 24.9 Å². The molecule has 98 valence electrons. The lowest BCUT2D eigenvalue weighted by atomic mass is 10.0. The Morgan fingerprint density at radius 3 is 2.79 bits per heavy atom. The quantitative estimate of drug-likeness (QED) is 0.913. The molecular formula is C16H19N3. The van der Waals surface area contributed by atoms with Crippen molar-refractivity contribution in [3.63, 3.8) is 0 Å². The van der Waals surface area contributed by atoms with Gasteiger partial charge in [0, 0.05) is 6.54 Å². The summed E-state index contributed by atoms with van der Waals surface area (Å²) in [5, 5.41) is 2.56. The minimum atomic E-state index is 0.296. The summed E-state index contributed by atoms with van der Waals surface area (Å²) in [4.78, 5) is 6.61. The second kappa shape index (κ2) is 4.92. The van der Waals surface area contributed by atoms with Crippen LogP contribution in [0, 0.1) is 0 Å².